The molecule has 4 heteroatoms. The van der Waals surface area contributed by atoms with E-state index in [9.17, 15) is 9.90 Å². The lowest BCUT2D eigenvalue weighted by Crippen LogP contribution is -2.44. The van der Waals surface area contributed by atoms with Crippen molar-refractivity contribution in [1.82, 2.24) is 0 Å². The van der Waals surface area contributed by atoms with Crippen molar-refractivity contribution in [3.8, 4) is 0 Å². The van der Waals surface area contributed by atoms with Gasteiger partial charge in [0.25, 0.3) is 0 Å². The van der Waals surface area contributed by atoms with Crippen LogP contribution >= 0.6 is 15.9 Å². The summed E-state index contributed by atoms with van der Waals surface area (Å²) in [6.45, 7) is 2.34. The maximum atomic E-state index is 11.6. The third-order valence-electron chi connectivity index (χ3n) is 9.00. The Bertz CT molecular complexity index is 1020. The molecule has 3 aliphatic carbocycles. The number of amides is 1. The lowest BCUT2D eigenvalue weighted by Gasteiger charge is -2.50. The van der Waals surface area contributed by atoms with Gasteiger partial charge in [0.15, 0.2) is 0 Å². The molecule has 3 nitrogen and oxygen atoms in total. The Morgan fingerprint density at radius 3 is 2.81 bits per heavy atom. The largest absolute Gasteiger partial charge is 0.392 e. The number of carbonyl (C=O) groups excluding carboxylic acids is 1. The van der Waals surface area contributed by atoms with Crippen molar-refractivity contribution in [2.24, 2.45) is 28.9 Å². The molecule has 2 saturated carbocycles. The first-order valence-corrected chi connectivity index (χ1v) is 13.3. The number of halogens is 1. The molecule has 0 aromatic heterocycles. The van der Waals surface area contributed by atoms with Gasteiger partial charge in [0.05, 0.1) is 6.10 Å². The minimum atomic E-state index is -0.387. The molecule has 3 N–H and O–H groups in total. The Kier molecular flexibility index (Phi) is 5.96. The number of hydrogen-bond acceptors (Lipinski definition) is 2. The van der Waals surface area contributed by atoms with Gasteiger partial charge in [-0.15, -0.1) is 0 Å². The Hall–Kier alpha value is -1.65. The number of nitrogens with two attached hydrogens (primary N) is 1. The number of aliphatic hydroxyl groups is 1. The van der Waals surface area contributed by atoms with Gasteiger partial charge in [-0.1, -0.05) is 53.2 Å². The van der Waals surface area contributed by atoms with E-state index < -0.39 is 0 Å². The summed E-state index contributed by atoms with van der Waals surface area (Å²) in [5.74, 6) is 1.73. The average molecular weight is 496 g/mol. The number of aryl methyl sites for hydroxylation is 2. The third-order valence-corrected chi connectivity index (χ3v) is 9.40. The number of aliphatic hydroxyl groups excluding tert-OH is 1. The zero-order valence-corrected chi connectivity index (χ0v) is 20.5. The van der Waals surface area contributed by atoms with Gasteiger partial charge in [-0.2, -0.15) is 0 Å². The van der Waals surface area contributed by atoms with Crippen molar-refractivity contribution < 1.29 is 9.90 Å². The van der Waals surface area contributed by atoms with E-state index in [1.54, 1.807) is 17.2 Å². The number of alkyl halides is 1. The Balaban J connectivity index is 1.38. The van der Waals surface area contributed by atoms with Gasteiger partial charge in [-0.3, -0.25) is 4.79 Å². The standard InChI is InChI=1S/C28H34BrNO2/c1-28-11-9-23-22-7-5-17(10-12-29)13-19(22)6-8-24(23)25(28)16-21(26(28)31)15-18-3-2-4-20(14-18)27(30)32/h2-5,7,13-14,21,23-26,31H,6,8-12,15-16H2,1H3,(H2,30,32)/t21-,23+,24+,25-,26-,28-/m0/s1. The van der Waals surface area contributed by atoms with Crippen LogP contribution in [-0.4, -0.2) is 22.4 Å². The minimum Gasteiger partial charge on any atom is -0.392 e. The second-order valence-electron chi connectivity index (χ2n) is 10.6. The Morgan fingerprint density at radius 1 is 1.19 bits per heavy atom. The monoisotopic (exact) mass is 495 g/mol. The van der Waals surface area contributed by atoms with E-state index in [1.807, 2.05) is 12.1 Å². The van der Waals surface area contributed by atoms with Gasteiger partial charge in [-0.25, -0.2) is 0 Å². The molecule has 2 fully saturated rings. The molecule has 0 radical (unpaired) electrons. The first kappa shape index (κ1) is 22.2. The van der Waals surface area contributed by atoms with Crippen LogP contribution in [0.1, 0.15) is 71.1 Å². The van der Waals surface area contributed by atoms with Gasteiger partial charge >= 0.3 is 0 Å². The van der Waals surface area contributed by atoms with Crippen LogP contribution in [0.4, 0.5) is 0 Å². The third kappa shape index (κ3) is 3.74. The summed E-state index contributed by atoms with van der Waals surface area (Å²) in [7, 11) is 0. The van der Waals surface area contributed by atoms with Crippen molar-refractivity contribution in [3.63, 3.8) is 0 Å². The first-order chi connectivity index (χ1) is 15.4. The molecule has 0 spiro atoms. The fourth-order valence-corrected chi connectivity index (χ4v) is 7.86. The van der Waals surface area contributed by atoms with E-state index in [4.69, 9.17) is 5.73 Å². The second-order valence-corrected chi connectivity index (χ2v) is 11.4. The van der Waals surface area contributed by atoms with Crippen LogP contribution in [0.25, 0.3) is 0 Å². The molecular weight excluding hydrogens is 462 g/mol. The Labute approximate surface area is 199 Å². The highest BCUT2D eigenvalue weighted by Crippen LogP contribution is 2.62. The van der Waals surface area contributed by atoms with E-state index in [0.717, 1.165) is 36.6 Å². The predicted octanol–water partition coefficient (Wildman–Crippen LogP) is 5.41. The van der Waals surface area contributed by atoms with Gasteiger partial charge in [0, 0.05) is 10.9 Å². The van der Waals surface area contributed by atoms with Crippen LogP contribution in [0.15, 0.2) is 42.5 Å². The van der Waals surface area contributed by atoms with Crippen LogP contribution < -0.4 is 5.73 Å². The molecule has 0 heterocycles. The van der Waals surface area contributed by atoms with Crippen molar-refractivity contribution >= 4 is 21.8 Å². The van der Waals surface area contributed by atoms with Crippen LogP contribution in [0, 0.1) is 23.2 Å². The summed E-state index contributed by atoms with van der Waals surface area (Å²) in [6.07, 6.45) is 7.40. The zero-order chi connectivity index (χ0) is 22.5. The van der Waals surface area contributed by atoms with Gasteiger partial charge < -0.3 is 10.8 Å². The predicted molar refractivity (Wildman–Crippen MR) is 132 cm³/mol. The molecule has 2 aromatic carbocycles. The zero-order valence-electron chi connectivity index (χ0n) is 18.9. The molecule has 1 amide bonds. The summed E-state index contributed by atoms with van der Waals surface area (Å²) >= 11 is 3.57. The highest BCUT2D eigenvalue weighted by atomic mass is 79.9. The quantitative estimate of drug-likeness (QED) is 0.544. The first-order valence-electron chi connectivity index (χ1n) is 12.1. The summed E-state index contributed by atoms with van der Waals surface area (Å²) < 4.78 is 0. The molecule has 6 atom stereocenters. The van der Waals surface area contributed by atoms with Gasteiger partial charge in [-0.05, 0) is 108 Å². The van der Waals surface area contributed by atoms with Gasteiger partial charge in [0.2, 0.25) is 5.91 Å². The maximum Gasteiger partial charge on any atom is 0.248 e. The van der Waals surface area contributed by atoms with Crippen LogP contribution in [-0.2, 0) is 19.3 Å². The van der Waals surface area contributed by atoms with Crippen molar-refractivity contribution in [1.29, 1.82) is 0 Å². The molecule has 0 unspecified atom stereocenters. The molecule has 5 rings (SSSR count). The topological polar surface area (TPSA) is 63.3 Å². The highest BCUT2D eigenvalue weighted by Gasteiger charge is 2.57. The van der Waals surface area contributed by atoms with Crippen molar-refractivity contribution in [2.45, 2.75) is 63.9 Å². The normalized spacial score (nSPS) is 33.3. The second kappa shape index (κ2) is 8.61. The van der Waals surface area contributed by atoms with Crippen LogP contribution in [0.2, 0.25) is 0 Å². The molecule has 2 aromatic rings. The SMILES string of the molecule is C[C@]12CC[C@@H]3c4ccc(CCBr)cc4CC[C@H]3[C@@H]1C[C@H](Cc1cccc(C(N)=O)c1)[C@@H]2O. The van der Waals surface area contributed by atoms with Gasteiger partial charge in [0.1, 0.15) is 0 Å². The fraction of sp³-hybridized carbons (Fsp3) is 0.536. The van der Waals surface area contributed by atoms with E-state index in [0.29, 0.717) is 23.3 Å². The van der Waals surface area contributed by atoms with Crippen molar-refractivity contribution in [2.75, 3.05) is 5.33 Å². The summed E-state index contributed by atoms with van der Waals surface area (Å²) in [6, 6.07) is 14.8. The molecule has 0 bridgehead atoms. The number of benzene rings is 2. The van der Waals surface area contributed by atoms with Crippen molar-refractivity contribution in [3.05, 3.63) is 70.3 Å². The average Bonchev–Trinajstić information content (AvgIpc) is 3.04. The van der Waals surface area contributed by atoms with Crippen LogP contribution in [0.5, 0.6) is 0 Å². The van der Waals surface area contributed by atoms with E-state index in [-0.39, 0.29) is 23.3 Å². The minimum absolute atomic E-state index is 0.000533. The summed E-state index contributed by atoms with van der Waals surface area (Å²) in [5, 5.41) is 12.5. The Morgan fingerprint density at radius 2 is 2.03 bits per heavy atom. The number of hydrogen-bond donors (Lipinski definition) is 2. The number of fused-ring (bicyclic) bond motifs is 5. The van der Waals surface area contributed by atoms with E-state index >= 15 is 0 Å². The highest BCUT2D eigenvalue weighted by molar-refractivity contribution is 9.09. The fourth-order valence-electron chi connectivity index (χ4n) is 7.40. The lowest BCUT2D eigenvalue weighted by atomic mass is 9.55. The molecule has 0 saturated heterocycles. The molecule has 32 heavy (non-hydrogen) atoms. The molecule has 3 aliphatic rings. The summed E-state index contributed by atoms with van der Waals surface area (Å²) in [4.78, 5) is 11.6. The number of carbonyl (C=O) groups is 1. The maximum absolute atomic E-state index is 11.6. The molecule has 0 aliphatic heterocycles. The number of primary amides is 1. The van der Waals surface area contributed by atoms with Crippen LogP contribution in [0.3, 0.4) is 0 Å². The molecule has 170 valence electrons. The smallest absolute Gasteiger partial charge is 0.248 e. The lowest BCUT2D eigenvalue weighted by molar-refractivity contribution is -0.0325. The van der Waals surface area contributed by atoms with E-state index in [1.165, 1.54) is 24.8 Å². The summed E-state index contributed by atoms with van der Waals surface area (Å²) in [5.41, 5.74) is 11.7. The van der Waals surface area contributed by atoms with E-state index in [2.05, 4.69) is 47.1 Å². The number of rotatable bonds is 5. The molecular formula is C28H34BrNO2.